The van der Waals surface area contributed by atoms with Crippen LogP contribution in [0.5, 0.6) is 0 Å². The number of esters is 2. The van der Waals surface area contributed by atoms with Gasteiger partial charge in [0.15, 0.2) is 0 Å². The van der Waals surface area contributed by atoms with Crippen LogP contribution in [0.1, 0.15) is 60.2 Å². The van der Waals surface area contributed by atoms with Gasteiger partial charge in [0.25, 0.3) is 11.4 Å². The van der Waals surface area contributed by atoms with E-state index in [0.29, 0.717) is 22.6 Å². The number of ether oxygens (including phenoxy) is 2. The quantitative estimate of drug-likeness (QED) is 0.101. The van der Waals surface area contributed by atoms with Crippen LogP contribution < -0.4 is 0 Å². The summed E-state index contributed by atoms with van der Waals surface area (Å²) >= 11 is 0. The number of carbonyl (C=O) groups is 2. The fourth-order valence-electron chi connectivity index (χ4n) is 2.65. The summed E-state index contributed by atoms with van der Waals surface area (Å²) in [7, 11) is 2.35. The van der Waals surface area contributed by atoms with Crippen LogP contribution in [0.4, 0.5) is 11.4 Å². The third-order valence-electron chi connectivity index (χ3n) is 4.47. The Kier molecular flexibility index (Phi) is 10.8. The average Bonchev–Trinajstić information content (AvgIpc) is 2.82. The first-order valence-corrected chi connectivity index (χ1v) is 12.7. The van der Waals surface area contributed by atoms with Gasteiger partial charge in [0.2, 0.25) is 0 Å². The van der Waals surface area contributed by atoms with Crippen molar-refractivity contribution in [2.24, 2.45) is 0 Å². The van der Waals surface area contributed by atoms with Gasteiger partial charge in [-0.1, -0.05) is 48.3 Å². The molecular formula is C22H24N2O8S2. The van der Waals surface area contributed by atoms with E-state index in [2.05, 4.69) is 0 Å². The molecule has 0 N–H and O–H groups in total. The fraction of sp³-hybridized carbons (Fsp3) is 0.364. The summed E-state index contributed by atoms with van der Waals surface area (Å²) in [6, 6.07) is 8.18. The van der Waals surface area contributed by atoms with Gasteiger partial charge in [-0.3, -0.25) is 20.2 Å². The molecule has 0 heterocycles. The number of carbonyl (C=O) groups excluding carboxylic acids is 2. The Morgan fingerprint density at radius 1 is 0.765 bits per heavy atom. The van der Waals surface area contributed by atoms with E-state index in [-0.39, 0.29) is 35.7 Å². The van der Waals surface area contributed by atoms with Gasteiger partial charge in [-0.25, -0.2) is 9.59 Å². The number of rotatable bonds is 13. The van der Waals surface area contributed by atoms with Gasteiger partial charge in [-0.15, -0.1) is 0 Å². The van der Waals surface area contributed by atoms with Crippen LogP contribution in [0.2, 0.25) is 0 Å². The first-order chi connectivity index (χ1) is 16.3. The number of nitrogens with zero attached hydrogens (tertiary/aromatic N) is 2. The van der Waals surface area contributed by atoms with Crippen molar-refractivity contribution < 1.29 is 28.9 Å². The highest BCUT2D eigenvalue weighted by molar-refractivity contribution is 8.76. The Hall–Kier alpha value is -3.12. The van der Waals surface area contributed by atoms with Gasteiger partial charge in [-0.05, 0) is 37.1 Å². The highest BCUT2D eigenvalue weighted by Crippen LogP contribution is 2.40. The molecule has 0 bridgehead atoms. The Bertz CT molecular complexity index is 978. The zero-order valence-electron chi connectivity index (χ0n) is 18.7. The van der Waals surface area contributed by atoms with Crippen molar-refractivity contribution in [1.82, 2.24) is 0 Å². The molecule has 34 heavy (non-hydrogen) atoms. The summed E-state index contributed by atoms with van der Waals surface area (Å²) in [5.41, 5.74) is -1.03. The van der Waals surface area contributed by atoms with Crippen molar-refractivity contribution >= 4 is 44.9 Å². The Morgan fingerprint density at radius 2 is 1.15 bits per heavy atom. The van der Waals surface area contributed by atoms with E-state index in [0.717, 1.165) is 12.8 Å². The van der Waals surface area contributed by atoms with Crippen molar-refractivity contribution in [3.8, 4) is 0 Å². The van der Waals surface area contributed by atoms with E-state index < -0.39 is 21.8 Å². The Morgan fingerprint density at radius 3 is 1.47 bits per heavy atom. The van der Waals surface area contributed by atoms with Gasteiger partial charge in [0.1, 0.15) is 11.1 Å². The van der Waals surface area contributed by atoms with Crippen LogP contribution in [0.3, 0.4) is 0 Å². The van der Waals surface area contributed by atoms with Gasteiger partial charge in [0.05, 0.1) is 23.1 Å². The minimum atomic E-state index is -0.778. The first kappa shape index (κ1) is 27.1. The molecule has 0 aliphatic rings. The third-order valence-corrected chi connectivity index (χ3v) is 6.85. The number of unbranched alkanes of at least 4 members (excludes halogenated alkanes) is 2. The highest BCUT2D eigenvalue weighted by Gasteiger charge is 2.24. The summed E-state index contributed by atoms with van der Waals surface area (Å²) in [5.74, 6) is -1.56. The highest BCUT2D eigenvalue weighted by atomic mass is 33.1. The number of benzene rings is 2. The predicted molar refractivity (Wildman–Crippen MR) is 128 cm³/mol. The van der Waals surface area contributed by atoms with Crippen LogP contribution >= 0.6 is 21.6 Å². The van der Waals surface area contributed by atoms with Gasteiger partial charge >= 0.3 is 11.9 Å². The minimum absolute atomic E-state index is 0.157. The minimum Gasteiger partial charge on any atom is -0.462 e. The molecule has 0 saturated carbocycles. The molecule has 0 aliphatic carbocycles. The lowest BCUT2D eigenvalue weighted by Crippen LogP contribution is -2.09. The SMILES string of the molecule is CCCCOC(=O)c1cc(SSc2ccc([N+](=O)[O-])c(C(=O)OCCCC)c2)ccc1[N+](=O)[O-]. The summed E-state index contributed by atoms with van der Waals surface area (Å²) in [4.78, 5) is 47.1. The molecule has 10 nitrogen and oxygen atoms in total. The molecule has 12 heteroatoms. The van der Waals surface area contributed by atoms with Gasteiger partial charge in [0, 0.05) is 21.9 Å². The Labute approximate surface area is 204 Å². The summed E-state index contributed by atoms with van der Waals surface area (Å²) in [6.45, 7) is 4.19. The largest absolute Gasteiger partial charge is 0.462 e. The number of nitro benzene ring substituents is 2. The maximum Gasteiger partial charge on any atom is 0.345 e. The molecule has 0 aromatic heterocycles. The van der Waals surface area contributed by atoms with E-state index in [4.69, 9.17) is 9.47 Å². The smallest absolute Gasteiger partial charge is 0.345 e. The lowest BCUT2D eigenvalue weighted by atomic mass is 10.2. The summed E-state index contributed by atoms with van der Waals surface area (Å²) in [5, 5.41) is 22.6. The molecule has 0 atom stereocenters. The van der Waals surface area contributed by atoms with Crippen LogP contribution in [0, 0.1) is 20.2 Å². The van der Waals surface area contributed by atoms with E-state index in [1.807, 2.05) is 13.8 Å². The van der Waals surface area contributed by atoms with E-state index in [1.165, 1.54) is 58.0 Å². The van der Waals surface area contributed by atoms with Crippen LogP contribution in [-0.4, -0.2) is 35.0 Å². The molecule has 0 amide bonds. The second kappa shape index (κ2) is 13.6. The van der Waals surface area contributed by atoms with E-state index in [9.17, 15) is 29.8 Å². The molecule has 2 aromatic carbocycles. The second-order valence-electron chi connectivity index (χ2n) is 7.02. The van der Waals surface area contributed by atoms with Gasteiger partial charge in [-0.2, -0.15) is 0 Å². The molecule has 0 fully saturated rings. The molecule has 0 saturated heterocycles. The molecule has 0 spiro atoms. The number of hydrogen-bond acceptors (Lipinski definition) is 10. The Balaban J connectivity index is 2.21. The molecule has 0 unspecified atom stereocenters. The lowest BCUT2D eigenvalue weighted by Gasteiger charge is -2.08. The maximum atomic E-state index is 12.3. The fourth-order valence-corrected chi connectivity index (χ4v) is 4.62. The maximum absolute atomic E-state index is 12.3. The standard InChI is InChI=1S/C22H24N2O8S2/c1-3-5-11-31-21(25)17-13-15(7-9-19(17)23(27)28)33-34-16-8-10-20(24(29)30)18(14-16)22(26)32-12-6-4-2/h7-10,13-14H,3-6,11-12H2,1-2H3. The van der Waals surface area contributed by atoms with Crippen molar-refractivity contribution in [3.05, 3.63) is 67.8 Å². The molecule has 0 aliphatic heterocycles. The predicted octanol–water partition coefficient (Wildman–Crippen LogP) is 6.22. The lowest BCUT2D eigenvalue weighted by molar-refractivity contribution is -0.385. The van der Waals surface area contributed by atoms with E-state index in [1.54, 1.807) is 0 Å². The second-order valence-corrected chi connectivity index (χ2v) is 9.29. The number of hydrogen-bond donors (Lipinski definition) is 0. The van der Waals surface area contributed by atoms with Crippen molar-refractivity contribution in [3.63, 3.8) is 0 Å². The number of nitro groups is 2. The summed E-state index contributed by atoms with van der Waals surface area (Å²) < 4.78 is 10.2. The molecule has 0 radical (unpaired) electrons. The van der Waals surface area contributed by atoms with Crippen LogP contribution in [0.15, 0.2) is 46.2 Å². The van der Waals surface area contributed by atoms with Crippen molar-refractivity contribution in [2.75, 3.05) is 13.2 Å². The topological polar surface area (TPSA) is 139 Å². The molecule has 2 rings (SSSR count). The van der Waals surface area contributed by atoms with Crippen molar-refractivity contribution in [2.45, 2.75) is 49.3 Å². The molecule has 182 valence electrons. The zero-order valence-corrected chi connectivity index (χ0v) is 20.3. The van der Waals surface area contributed by atoms with Gasteiger partial charge < -0.3 is 9.47 Å². The van der Waals surface area contributed by atoms with E-state index >= 15 is 0 Å². The first-order valence-electron chi connectivity index (χ1n) is 10.5. The van der Waals surface area contributed by atoms with Crippen LogP contribution in [-0.2, 0) is 9.47 Å². The third kappa shape index (κ3) is 7.73. The summed E-state index contributed by atoms with van der Waals surface area (Å²) in [6.07, 6.45) is 2.91. The van der Waals surface area contributed by atoms with Crippen molar-refractivity contribution in [1.29, 1.82) is 0 Å². The van der Waals surface area contributed by atoms with Crippen LogP contribution in [0.25, 0.3) is 0 Å². The molecular weight excluding hydrogens is 484 g/mol. The normalized spacial score (nSPS) is 10.5. The average molecular weight is 509 g/mol. The molecule has 2 aromatic rings. The zero-order chi connectivity index (χ0) is 25.1. The monoisotopic (exact) mass is 508 g/mol.